The zero-order valence-electron chi connectivity index (χ0n) is 11.9. The van der Waals surface area contributed by atoms with E-state index in [4.69, 9.17) is 4.74 Å². The molecule has 1 aromatic rings. The molecule has 1 rings (SSSR count). The number of carbonyl (C=O) groups is 1. The van der Waals surface area contributed by atoms with Crippen LogP contribution in [0, 0.1) is 12.8 Å². The molecular weight excluding hydrogens is 240 g/mol. The fourth-order valence-corrected chi connectivity index (χ4v) is 1.99. The highest BCUT2D eigenvalue weighted by molar-refractivity contribution is 5.70. The highest BCUT2D eigenvalue weighted by atomic mass is 16.5. The standard InChI is InChI=1S/C16H24O3/c1-3-4-10-19-11-9-15(16(17)18)12-14-8-6-5-7-13(14)2/h5-8,15H,3-4,9-12H2,1-2H3,(H,17,18). The van der Waals surface area contributed by atoms with E-state index >= 15 is 0 Å². The first-order valence-corrected chi connectivity index (χ1v) is 7.00. The lowest BCUT2D eigenvalue weighted by atomic mass is 9.94. The zero-order valence-corrected chi connectivity index (χ0v) is 11.9. The molecule has 1 unspecified atom stereocenters. The van der Waals surface area contributed by atoms with Crippen molar-refractivity contribution < 1.29 is 14.6 Å². The summed E-state index contributed by atoms with van der Waals surface area (Å²) in [5.41, 5.74) is 2.27. The van der Waals surface area contributed by atoms with E-state index in [1.807, 2.05) is 31.2 Å². The lowest BCUT2D eigenvalue weighted by Crippen LogP contribution is -2.19. The van der Waals surface area contributed by atoms with E-state index in [1.165, 1.54) is 0 Å². The minimum absolute atomic E-state index is 0.359. The van der Waals surface area contributed by atoms with Gasteiger partial charge in [0.1, 0.15) is 0 Å². The van der Waals surface area contributed by atoms with E-state index in [0.29, 0.717) is 19.4 Å². The van der Waals surface area contributed by atoms with Gasteiger partial charge in [-0.3, -0.25) is 4.79 Å². The molecule has 0 spiro atoms. The van der Waals surface area contributed by atoms with Crippen molar-refractivity contribution in [2.24, 2.45) is 5.92 Å². The minimum Gasteiger partial charge on any atom is -0.481 e. The maximum Gasteiger partial charge on any atom is 0.306 e. The summed E-state index contributed by atoms with van der Waals surface area (Å²) in [5, 5.41) is 9.27. The molecule has 0 radical (unpaired) electrons. The SMILES string of the molecule is CCCCOCCC(Cc1ccccc1C)C(=O)O. The number of benzene rings is 1. The first kappa shape index (κ1) is 15.7. The van der Waals surface area contributed by atoms with Crippen LogP contribution in [-0.4, -0.2) is 24.3 Å². The van der Waals surface area contributed by atoms with Gasteiger partial charge < -0.3 is 9.84 Å². The van der Waals surface area contributed by atoms with Crippen molar-refractivity contribution in [2.45, 2.75) is 39.5 Å². The van der Waals surface area contributed by atoms with Crippen molar-refractivity contribution in [3.8, 4) is 0 Å². The number of carboxylic acid groups (broad SMARTS) is 1. The quantitative estimate of drug-likeness (QED) is 0.695. The number of aliphatic carboxylic acids is 1. The lowest BCUT2D eigenvalue weighted by Gasteiger charge is -2.14. The summed E-state index contributed by atoms with van der Waals surface area (Å²) in [4.78, 5) is 11.3. The van der Waals surface area contributed by atoms with Crippen LogP contribution in [0.2, 0.25) is 0 Å². The normalized spacial score (nSPS) is 12.3. The second-order valence-electron chi connectivity index (χ2n) is 4.92. The van der Waals surface area contributed by atoms with Gasteiger partial charge in [-0.25, -0.2) is 0 Å². The Morgan fingerprint density at radius 2 is 2.05 bits per heavy atom. The van der Waals surface area contributed by atoms with E-state index in [9.17, 15) is 9.90 Å². The number of rotatable bonds is 9. The number of carboxylic acids is 1. The van der Waals surface area contributed by atoms with E-state index in [2.05, 4.69) is 6.92 Å². The van der Waals surface area contributed by atoms with Crippen LogP contribution in [0.1, 0.15) is 37.3 Å². The maximum atomic E-state index is 11.3. The topological polar surface area (TPSA) is 46.5 Å². The Morgan fingerprint density at radius 1 is 1.32 bits per heavy atom. The fourth-order valence-electron chi connectivity index (χ4n) is 1.99. The second kappa shape index (κ2) is 8.70. The molecule has 0 fully saturated rings. The second-order valence-corrected chi connectivity index (χ2v) is 4.92. The van der Waals surface area contributed by atoms with Crippen molar-refractivity contribution in [2.75, 3.05) is 13.2 Å². The Morgan fingerprint density at radius 3 is 2.68 bits per heavy atom. The fraction of sp³-hybridized carbons (Fsp3) is 0.562. The molecule has 0 aliphatic rings. The zero-order chi connectivity index (χ0) is 14.1. The largest absolute Gasteiger partial charge is 0.481 e. The van der Waals surface area contributed by atoms with Gasteiger partial charge in [0.25, 0.3) is 0 Å². The van der Waals surface area contributed by atoms with Gasteiger partial charge in [0, 0.05) is 13.2 Å². The Hall–Kier alpha value is -1.35. The molecule has 3 nitrogen and oxygen atoms in total. The Bertz CT molecular complexity index is 387. The molecule has 1 N–H and O–H groups in total. The molecule has 0 bridgehead atoms. The van der Waals surface area contributed by atoms with Crippen LogP contribution in [0.3, 0.4) is 0 Å². The van der Waals surface area contributed by atoms with Crippen molar-refractivity contribution in [3.63, 3.8) is 0 Å². The van der Waals surface area contributed by atoms with Gasteiger partial charge in [-0.15, -0.1) is 0 Å². The van der Waals surface area contributed by atoms with Crippen LogP contribution in [0.15, 0.2) is 24.3 Å². The molecule has 3 heteroatoms. The number of aryl methyl sites for hydroxylation is 1. The highest BCUT2D eigenvalue weighted by Crippen LogP contribution is 2.16. The van der Waals surface area contributed by atoms with E-state index in [0.717, 1.165) is 30.6 Å². The first-order valence-electron chi connectivity index (χ1n) is 7.00. The van der Waals surface area contributed by atoms with Gasteiger partial charge in [0.2, 0.25) is 0 Å². The van der Waals surface area contributed by atoms with Crippen molar-refractivity contribution in [3.05, 3.63) is 35.4 Å². The van der Waals surface area contributed by atoms with E-state index in [-0.39, 0.29) is 5.92 Å². The molecule has 1 atom stereocenters. The number of hydrogen-bond acceptors (Lipinski definition) is 2. The molecule has 0 heterocycles. The van der Waals surface area contributed by atoms with Crippen LogP contribution in [0.4, 0.5) is 0 Å². The monoisotopic (exact) mass is 264 g/mol. The predicted molar refractivity (Wildman–Crippen MR) is 76.4 cm³/mol. The summed E-state index contributed by atoms with van der Waals surface area (Å²) in [6.45, 7) is 5.39. The molecule has 1 aromatic carbocycles. The van der Waals surface area contributed by atoms with Crippen LogP contribution >= 0.6 is 0 Å². The maximum absolute atomic E-state index is 11.3. The molecule has 106 valence electrons. The van der Waals surface area contributed by atoms with Crippen LogP contribution in [-0.2, 0) is 16.0 Å². The molecule has 0 aliphatic carbocycles. The van der Waals surface area contributed by atoms with Crippen LogP contribution in [0.5, 0.6) is 0 Å². The predicted octanol–water partition coefficient (Wildman–Crippen LogP) is 3.45. The van der Waals surface area contributed by atoms with Crippen molar-refractivity contribution >= 4 is 5.97 Å². The Balaban J connectivity index is 2.45. The lowest BCUT2D eigenvalue weighted by molar-refractivity contribution is -0.142. The molecular formula is C16H24O3. The van der Waals surface area contributed by atoms with Gasteiger partial charge in [-0.1, -0.05) is 37.6 Å². The summed E-state index contributed by atoms with van der Waals surface area (Å²) in [6, 6.07) is 7.96. The summed E-state index contributed by atoms with van der Waals surface area (Å²) >= 11 is 0. The molecule has 0 aliphatic heterocycles. The molecule has 0 aromatic heterocycles. The third-order valence-corrected chi connectivity index (χ3v) is 3.33. The number of ether oxygens (including phenoxy) is 1. The van der Waals surface area contributed by atoms with Gasteiger partial charge >= 0.3 is 5.97 Å². The van der Waals surface area contributed by atoms with Gasteiger partial charge in [0.15, 0.2) is 0 Å². The Kier molecular flexibility index (Phi) is 7.19. The summed E-state index contributed by atoms with van der Waals surface area (Å²) in [5.74, 6) is -1.09. The molecule has 0 saturated heterocycles. The van der Waals surface area contributed by atoms with Crippen molar-refractivity contribution in [1.82, 2.24) is 0 Å². The smallest absolute Gasteiger partial charge is 0.306 e. The summed E-state index contributed by atoms with van der Waals surface area (Å²) < 4.78 is 5.46. The molecule has 19 heavy (non-hydrogen) atoms. The Labute approximate surface area is 115 Å². The number of hydrogen-bond donors (Lipinski definition) is 1. The minimum atomic E-state index is -0.734. The van der Waals surface area contributed by atoms with E-state index < -0.39 is 5.97 Å². The molecule has 0 saturated carbocycles. The molecule has 0 amide bonds. The van der Waals surface area contributed by atoms with Crippen molar-refractivity contribution in [1.29, 1.82) is 0 Å². The van der Waals surface area contributed by atoms with Crippen LogP contribution < -0.4 is 0 Å². The highest BCUT2D eigenvalue weighted by Gasteiger charge is 2.18. The van der Waals surface area contributed by atoms with Gasteiger partial charge in [-0.05, 0) is 37.3 Å². The first-order chi connectivity index (χ1) is 9.15. The summed E-state index contributed by atoms with van der Waals surface area (Å²) in [6.07, 6.45) is 3.30. The average Bonchev–Trinajstić information content (AvgIpc) is 2.39. The summed E-state index contributed by atoms with van der Waals surface area (Å²) in [7, 11) is 0. The number of unbranched alkanes of at least 4 members (excludes halogenated alkanes) is 1. The van der Waals surface area contributed by atoms with Crippen LogP contribution in [0.25, 0.3) is 0 Å². The van der Waals surface area contributed by atoms with E-state index in [1.54, 1.807) is 0 Å². The third kappa shape index (κ3) is 5.88. The average molecular weight is 264 g/mol. The van der Waals surface area contributed by atoms with Gasteiger partial charge in [0.05, 0.1) is 5.92 Å². The van der Waals surface area contributed by atoms with Gasteiger partial charge in [-0.2, -0.15) is 0 Å². The third-order valence-electron chi connectivity index (χ3n) is 3.33.